The molecule has 4 rings (SSSR count). The standard InChI is InChI=1S/C28H25NO5/c30-26(18-21-13-15-24(16-14-21)34-23-10-5-2-6-11-23)25(29-28(31)27-12-7-17-33-27)20-32-19-22-8-3-1-4-9-22/h1-17,25H,18-20H2,(H,29,31). The van der Waals surface area contributed by atoms with Crippen LogP contribution in [0.2, 0.25) is 0 Å². The molecule has 0 aliphatic heterocycles. The van der Waals surface area contributed by atoms with Gasteiger partial charge in [0.05, 0.1) is 19.5 Å². The number of Topliss-reactive ketones (excluding diaryl/α,β-unsaturated/α-hetero) is 1. The van der Waals surface area contributed by atoms with Gasteiger partial charge in [0.1, 0.15) is 17.5 Å². The summed E-state index contributed by atoms with van der Waals surface area (Å²) in [6.07, 6.45) is 1.56. The molecule has 1 amide bonds. The number of ether oxygens (including phenoxy) is 2. The van der Waals surface area contributed by atoms with E-state index in [1.54, 1.807) is 12.1 Å². The minimum atomic E-state index is -0.818. The quantitative estimate of drug-likeness (QED) is 0.336. The Morgan fingerprint density at radius 2 is 1.44 bits per heavy atom. The van der Waals surface area contributed by atoms with Crippen LogP contribution in [0, 0.1) is 0 Å². The van der Waals surface area contributed by atoms with Crippen LogP contribution in [0.3, 0.4) is 0 Å². The average molecular weight is 456 g/mol. The number of para-hydroxylation sites is 1. The van der Waals surface area contributed by atoms with Crippen LogP contribution >= 0.6 is 0 Å². The normalized spacial score (nSPS) is 11.5. The fourth-order valence-electron chi connectivity index (χ4n) is 3.35. The van der Waals surface area contributed by atoms with Gasteiger partial charge in [0.2, 0.25) is 0 Å². The second-order valence-corrected chi connectivity index (χ2v) is 7.71. The van der Waals surface area contributed by atoms with Crippen molar-refractivity contribution in [2.75, 3.05) is 6.61 Å². The Labute approximate surface area is 198 Å². The molecule has 0 saturated carbocycles. The molecule has 6 heteroatoms. The van der Waals surface area contributed by atoms with Crippen molar-refractivity contribution in [3.63, 3.8) is 0 Å². The predicted octanol–water partition coefficient (Wildman–Crippen LogP) is 5.20. The molecule has 0 radical (unpaired) electrons. The second kappa shape index (κ2) is 11.6. The maximum absolute atomic E-state index is 13.1. The van der Waals surface area contributed by atoms with Gasteiger partial charge >= 0.3 is 0 Å². The van der Waals surface area contributed by atoms with Crippen LogP contribution in [-0.2, 0) is 22.6 Å². The molecule has 0 spiro atoms. The lowest BCUT2D eigenvalue weighted by atomic mass is 10.0. The van der Waals surface area contributed by atoms with Gasteiger partial charge in [0.15, 0.2) is 11.5 Å². The Bertz CT molecular complexity index is 1170. The van der Waals surface area contributed by atoms with Crippen molar-refractivity contribution >= 4 is 11.7 Å². The van der Waals surface area contributed by atoms with E-state index in [4.69, 9.17) is 13.9 Å². The Hall–Kier alpha value is -4.16. The van der Waals surface area contributed by atoms with E-state index in [1.807, 2.05) is 84.9 Å². The molecule has 1 unspecified atom stereocenters. The Kier molecular flexibility index (Phi) is 7.87. The highest BCUT2D eigenvalue weighted by atomic mass is 16.5. The SMILES string of the molecule is O=C(NC(COCc1ccccc1)C(=O)Cc1ccc(Oc2ccccc2)cc1)c1ccco1. The molecule has 3 aromatic carbocycles. The number of hydrogen-bond acceptors (Lipinski definition) is 5. The maximum Gasteiger partial charge on any atom is 0.287 e. The lowest BCUT2D eigenvalue weighted by Crippen LogP contribution is -2.44. The molecule has 6 nitrogen and oxygen atoms in total. The molecule has 0 fully saturated rings. The van der Waals surface area contributed by atoms with Gasteiger partial charge in [-0.3, -0.25) is 9.59 Å². The van der Waals surface area contributed by atoms with Gasteiger partial charge in [-0.15, -0.1) is 0 Å². The number of carbonyl (C=O) groups excluding carboxylic acids is 2. The van der Waals surface area contributed by atoms with E-state index in [9.17, 15) is 9.59 Å². The molecule has 34 heavy (non-hydrogen) atoms. The molecule has 1 atom stereocenters. The third-order valence-corrected chi connectivity index (χ3v) is 5.12. The van der Waals surface area contributed by atoms with Gasteiger partial charge in [0, 0.05) is 6.42 Å². The highest BCUT2D eigenvalue weighted by molar-refractivity contribution is 5.96. The molecular formula is C28H25NO5. The summed E-state index contributed by atoms with van der Waals surface area (Å²) in [7, 11) is 0. The number of benzene rings is 3. The number of amides is 1. The summed E-state index contributed by atoms with van der Waals surface area (Å²) >= 11 is 0. The summed E-state index contributed by atoms with van der Waals surface area (Å²) in [6.45, 7) is 0.391. The van der Waals surface area contributed by atoms with E-state index in [-0.39, 0.29) is 24.6 Å². The van der Waals surface area contributed by atoms with Crippen molar-refractivity contribution in [2.45, 2.75) is 19.1 Å². The van der Waals surface area contributed by atoms with Crippen molar-refractivity contribution in [1.82, 2.24) is 5.32 Å². The van der Waals surface area contributed by atoms with Crippen molar-refractivity contribution < 1.29 is 23.5 Å². The fraction of sp³-hybridized carbons (Fsp3) is 0.143. The molecule has 1 heterocycles. The highest BCUT2D eigenvalue weighted by Gasteiger charge is 2.23. The van der Waals surface area contributed by atoms with Gasteiger partial charge in [-0.25, -0.2) is 0 Å². The smallest absolute Gasteiger partial charge is 0.287 e. The van der Waals surface area contributed by atoms with Gasteiger partial charge < -0.3 is 19.2 Å². The predicted molar refractivity (Wildman–Crippen MR) is 128 cm³/mol. The molecule has 1 aromatic heterocycles. The first-order valence-electron chi connectivity index (χ1n) is 11.0. The Morgan fingerprint density at radius 1 is 0.765 bits per heavy atom. The lowest BCUT2D eigenvalue weighted by Gasteiger charge is -2.18. The van der Waals surface area contributed by atoms with E-state index >= 15 is 0 Å². The summed E-state index contributed by atoms with van der Waals surface area (Å²) in [4.78, 5) is 25.6. The molecule has 4 aromatic rings. The van der Waals surface area contributed by atoms with Crippen LogP contribution in [0.5, 0.6) is 11.5 Å². The number of rotatable bonds is 11. The zero-order valence-electron chi connectivity index (χ0n) is 18.6. The second-order valence-electron chi connectivity index (χ2n) is 7.71. The van der Waals surface area contributed by atoms with Crippen LogP contribution < -0.4 is 10.1 Å². The Balaban J connectivity index is 1.38. The Morgan fingerprint density at radius 3 is 2.12 bits per heavy atom. The van der Waals surface area contributed by atoms with Crippen molar-refractivity contribution in [3.05, 3.63) is 120 Å². The van der Waals surface area contributed by atoms with Crippen molar-refractivity contribution in [1.29, 1.82) is 0 Å². The fourth-order valence-corrected chi connectivity index (χ4v) is 3.35. The molecule has 0 aliphatic rings. The van der Waals surface area contributed by atoms with Crippen molar-refractivity contribution in [2.24, 2.45) is 0 Å². The van der Waals surface area contributed by atoms with E-state index in [0.717, 1.165) is 16.9 Å². The van der Waals surface area contributed by atoms with E-state index in [1.165, 1.54) is 6.26 Å². The number of hydrogen-bond donors (Lipinski definition) is 1. The number of furan rings is 1. The number of ketones is 1. The molecule has 0 aliphatic carbocycles. The minimum Gasteiger partial charge on any atom is -0.459 e. The van der Waals surface area contributed by atoms with Gasteiger partial charge in [-0.05, 0) is 47.5 Å². The largest absolute Gasteiger partial charge is 0.459 e. The third-order valence-electron chi connectivity index (χ3n) is 5.12. The van der Waals surface area contributed by atoms with Crippen LogP contribution in [0.1, 0.15) is 21.7 Å². The summed E-state index contributed by atoms with van der Waals surface area (Å²) < 4.78 is 16.7. The summed E-state index contributed by atoms with van der Waals surface area (Å²) in [5, 5.41) is 2.74. The summed E-state index contributed by atoms with van der Waals surface area (Å²) in [5.74, 6) is 0.935. The molecule has 0 saturated heterocycles. The summed E-state index contributed by atoms with van der Waals surface area (Å²) in [5.41, 5.74) is 1.80. The van der Waals surface area contributed by atoms with Crippen LogP contribution in [-0.4, -0.2) is 24.3 Å². The first kappa shape index (κ1) is 23.0. The van der Waals surface area contributed by atoms with Gasteiger partial charge in [0.25, 0.3) is 5.91 Å². The van der Waals surface area contributed by atoms with Gasteiger partial charge in [-0.2, -0.15) is 0 Å². The van der Waals surface area contributed by atoms with Crippen LogP contribution in [0.4, 0.5) is 0 Å². The zero-order chi connectivity index (χ0) is 23.6. The number of carbonyl (C=O) groups is 2. The molecule has 1 N–H and O–H groups in total. The van der Waals surface area contributed by atoms with Crippen molar-refractivity contribution in [3.8, 4) is 11.5 Å². The van der Waals surface area contributed by atoms with Crippen LogP contribution in [0.25, 0.3) is 0 Å². The third kappa shape index (κ3) is 6.67. The molecule has 0 bridgehead atoms. The topological polar surface area (TPSA) is 77.8 Å². The van der Waals surface area contributed by atoms with Crippen LogP contribution in [0.15, 0.2) is 108 Å². The number of nitrogens with one attached hydrogen (secondary N) is 1. The zero-order valence-corrected chi connectivity index (χ0v) is 18.6. The lowest BCUT2D eigenvalue weighted by molar-refractivity contribution is -0.121. The minimum absolute atomic E-state index is 0.0510. The monoisotopic (exact) mass is 455 g/mol. The van der Waals surface area contributed by atoms with E-state index in [0.29, 0.717) is 12.4 Å². The maximum atomic E-state index is 13.1. The summed E-state index contributed by atoms with van der Waals surface area (Å²) in [6, 6.07) is 28.8. The first-order valence-corrected chi connectivity index (χ1v) is 11.0. The van der Waals surface area contributed by atoms with Gasteiger partial charge in [-0.1, -0.05) is 60.7 Å². The van der Waals surface area contributed by atoms with E-state index < -0.39 is 11.9 Å². The highest BCUT2D eigenvalue weighted by Crippen LogP contribution is 2.21. The first-order chi connectivity index (χ1) is 16.7. The molecular weight excluding hydrogens is 430 g/mol. The molecule has 172 valence electrons. The average Bonchev–Trinajstić information content (AvgIpc) is 3.41. The van der Waals surface area contributed by atoms with E-state index in [2.05, 4.69) is 5.32 Å².